The molecule has 0 spiro atoms. The molecule has 146 valence electrons. The van der Waals surface area contributed by atoms with E-state index in [0.717, 1.165) is 17.1 Å². The number of carbonyl (C=O) groups excluding carboxylic acids is 2. The molecule has 0 aliphatic heterocycles. The fourth-order valence-corrected chi connectivity index (χ4v) is 2.54. The number of imidazole rings is 1. The van der Waals surface area contributed by atoms with Gasteiger partial charge in [0.25, 0.3) is 0 Å². The van der Waals surface area contributed by atoms with Gasteiger partial charge in [-0.2, -0.15) is 0 Å². The maximum atomic E-state index is 12.5. The van der Waals surface area contributed by atoms with Crippen molar-refractivity contribution < 1.29 is 14.3 Å². The van der Waals surface area contributed by atoms with Crippen molar-refractivity contribution in [3.8, 4) is 5.75 Å². The Labute approximate surface area is 160 Å². The predicted molar refractivity (Wildman–Crippen MR) is 103 cm³/mol. The van der Waals surface area contributed by atoms with Gasteiger partial charge in [-0.25, -0.2) is 4.98 Å². The summed E-state index contributed by atoms with van der Waals surface area (Å²) in [4.78, 5) is 28.8. The average molecular weight is 372 g/mol. The average Bonchev–Trinajstić information content (AvgIpc) is 3.04. The van der Waals surface area contributed by atoms with Crippen molar-refractivity contribution in [1.82, 2.24) is 20.2 Å². The second-order valence-corrected chi connectivity index (χ2v) is 7.43. The van der Waals surface area contributed by atoms with E-state index in [-0.39, 0.29) is 30.8 Å². The Morgan fingerprint density at radius 1 is 1.22 bits per heavy atom. The minimum atomic E-state index is -0.477. The van der Waals surface area contributed by atoms with Crippen molar-refractivity contribution >= 4 is 11.8 Å². The summed E-state index contributed by atoms with van der Waals surface area (Å²) in [6.45, 7) is 5.80. The SMILES string of the molecule is COc1ccc(C(NC(=O)CCNC(=O)C(C)(C)C)c2nccn2C)cc1. The van der Waals surface area contributed by atoms with Crippen LogP contribution in [-0.2, 0) is 16.6 Å². The van der Waals surface area contributed by atoms with Gasteiger partial charge >= 0.3 is 0 Å². The fourth-order valence-electron chi connectivity index (χ4n) is 2.54. The zero-order chi connectivity index (χ0) is 20.0. The Kier molecular flexibility index (Phi) is 6.60. The lowest BCUT2D eigenvalue weighted by Gasteiger charge is -2.20. The van der Waals surface area contributed by atoms with Crippen molar-refractivity contribution in [3.05, 3.63) is 48.0 Å². The minimum absolute atomic E-state index is 0.0777. The molecule has 1 atom stereocenters. The van der Waals surface area contributed by atoms with Crippen LogP contribution in [0.4, 0.5) is 0 Å². The maximum absolute atomic E-state index is 12.5. The van der Waals surface area contributed by atoms with Gasteiger partial charge in [-0.1, -0.05) is 32.9 Å². The molecule has 1 heterocycles. The van der Waals surface area contributed by atoms with E-state index in [1.54, 1.807) is 13.3 Å². The topological polar surface area (TPSA) is 85.2 Å². The number of rotatable bonds is 7. The Hall–Kier alpha value is -2.83. The van der Waals surface area contributed by atoms with E-state index in [0.29, 0.717) is 0 Å². The van der Waals surface area contributed by atoms with Crippen molar-refractivity contribution in [2.45, 2.75) is 33.2 Å². The predicted octanol–water partition coefficient (Wildman–Crippen LogP) is 2.19. The van der Waals surface area contributed by atoms with Gasteiger partial charge in [-0.15, -0.1) is 0 Å². The van der Waals surface area contributed by atoms with Crippen LogP contribution in [0.3, 0.4) is 0 Å². The van der Waals surface area contributed by atoms with Gasteiger partial charge in [0.05, 0.1) is 7.11 Å². The molecular formula is C20H28N4O3. The van der Waals surface area contributed by atoms with Crippen molar-refractivity contribution in [1.29, 1.82) is 0 Å². The highest BCUT2D eigenvalue weighted by Crippen LogP contribution is 2.23. The summed E-state index contributed by atoms with van der Waals surface area (Å²) in [5.41, 5.74) is 0.423. The van der Waals surface area contributed by atoms with Crippen LogP contribution in [0.2, 0.25) is 0 Å². The molecule has 0 saturated carbocycles. The number of amides is 2. The number of ether oxygens (including phenoxy) is 1. The van der Waals surface area contributed by atoms with E-state index >= 15 is 0 Å². The van der Waals surface area contributed by atoms with Crippen LogP contribution in [0, 0.1) is 5.41 Å². The lowest BCUT2D eigenvalue weighted by atomic mass is 9.96. The summed E-state index contributed by atoms with van der Waals surface area (Å²) in [5.74, 6) is 1.24. The molecule has 0 aliphatic rings. The third-order valence-corrected chi connectivity index (χ3v) is 4.19. The number of hydrogen-bond acceptors (Lipinski definition) is 4. The molecule has 1 aromatic carbocycles. The minimum Gasteiger partial charge on any atom is -0.497 e. The lowest BCUT2D eigenvalue weighted by molar-refractivity contribution is -0.128. The first-order valence-corrected chi connectivity index (χ1v) is 8.91. The number of aryl methyl sites for hydroxylation is 1. The Bertz CT molecular complexity index is 775. The van der Waals surface area contributed by atoms with E-state index in [1.807, 2.05) is 62.8 Å². The molecule has 2 rings (SSSR count). The number of nitrogens with zero attached hydrogens (tertiary/aromatic N) is 2. The molecule has 7 nitrogen and oxygen atoms in total. The van der Waals surface area contributed by atoms with Crippen LogP contribution in [0.25, 0.3) is 0 Å². The third-order valence-electron chi connectivity index (χ3n) is 4.19. The van der Waals surface area contributed by atoms with E-state index < -0.39 is 5.41 Å². The third kappa shape index (κ3) is 5.57. The summed E-state index contributed by atoms with van der Waals surface area (Å²) in [7, 11) is 3.49. The van der Waals surface area contributed by atoms with Gasteiger partial charge in [-0.05, 0) is 17.7 Å². The van der Waals surface area contributed by atoms with Crippen LogP contribution in [0.1, 0.15) is 44.6 Å². The van der Waals surface area contributed by atoms with Crippen LogP contribution >= 0.6 is 0 Å². The van der Waals surface area contributed by atoms with Gasteiger partial charge in [0.15, 0.2) is 0 Å². The van der Waals surface area contributed by atoms with Gasteiger partial charge < -0.3 is 19.9 Å². The molecule has 2 N–H and O–H groups in total. The summed E-state index contributed by atoms with van der Waals surface area (Å²) in [6, 6.07) is 7.11. The molecule has 1 unspecified atom stereocenters. The normalized spacial score (nSPS) is 12.3. The van der Waals surface area contributed by atoms with Gasteiger partial charge in [-0.3, -0.25) is 9.59 Å². The van der Waals surface area contributed by atoms with Crippen molar-refractivity contribution in [2.75, 3.05) is 13.7 Å². The second kappa shape index (κ2) is 8.70. The fraction of sp³-hybridized carbons (Fsp3) is 0.450. The maximum Gasteiger partial charge on any atom is 0.225 e. The first-order chi connectivity index (χ1) is 12.7. The zero-order valence-electron chi connectivity index (χ0n) is 16.6. The van der Waals surface area contributed by atoms with Crippen LogP contribution < -0.4 is 15.4 Å². The van der Waals surface area contributed by atoms with Gasteiger partial charge in [0.1, 0.15) is 17.6 Å². The molecule has 2 aromatic rings. The highest BCUT2D eigenvalue weighted by Gasteiger charge is 2.23. The number of benzene rings is 1. The molecule has 0 radical (unpaired) electrons. The Morgan fingerprint density at radius 3 is 2.41 bits per heavy atom. The number of nitrogens with one attached hydrogen (secondary N) is 2. The zero-order valence-corrected chi connectivity index (χ0v) is 16.6. The number of carbonyl (C=O) groups is 2. The summed E-state index contributed by atoms with van der Waals surface area (Å²) in [5, 5.41) is 5.80. The highest BCUT2D eigenvalue weighted by atomic mass is 16.5. The quantitative estimate of drug-likeness (QED) is 0.780. The molecule has 27 heavy (non-hydrogen) atoms. The molecule has 0 aliphatic carbocycles. The van der Waals surface area contributed by atoms with Crippen molar-refractivity contribution in [2.24, 2.45) is 12.5 Å². The number of hydrogen-bond donors (Lipinski definition) is 2. The summed E-state index contributed by atoms with van der Waals surface area (Å²) in [6.07, 6.45) is 3.72. The highest BCUT2D eigenvalue weighted by molar-refractivity contribution is 5.82. The van der Waals surface area contributed by atoms with Crippen LogP contribution in [0.15, 0.2) is 36.7 Å². The first kappa shape index (κ1) is 20.5. The molecule has 0 saturated heterocycles. The number of aromatic nitrogens is 2. The summed E-state index contributed by atoms with van der Waals surface area (Å²) < 4.78 is 7.07. The van der Waals surface area contributed by atoms with E-state index in [9.17, 15) is 9.59 Å². The lowest BCUT2D eigenvalue weighted by Crippen LogP contribution is -2.38. The smallest absolute Gasteiger partial charge is 0.225 e. The standard InChI is InChI=1S/C20H28N4O3/c1-20(2,3)19(26)22-11-10-16(25)23-17(18-21-12-13-24(18)4)14-6-8-15(27-5)9-7-14/h6-9,12-13,17H,10-11H2,1-5H3,(H,22,26)(H,23,25). The Morgan fingerprint density at radius 2 is 1.89 bits per heavy atom. The molecule has 7 heteroatoms. The van der Waals surface area contributed by atoms with Gasteiger partial charge in [0.2, 0.25) is 11.8 Å². The molecule has 0 fully saturated rings. The molecule has 0 bridgehead atoms. The van der Waals surface area contributed by atoms with E-state index in [2.05, 4.69) is 15.6 Å². The van der Waals surface area contributed by atoms with Gasteiger partial charge in [0, 0.05) is 37.8 Å². The Balaban J connectivity index is 2.07. The van der Waals surface area contributed by atoms with E-state index in [1.165, 1.54) is 0 Å². The first-order valence-electron chi connectivity index (χ1n) is 8.91. The monoisotopic (exact) mass is 372 g/mol. The largest absolute Gasteiger partial charge is 0.497 e. The molecular weight excluding hydrogens is 344 g/mol. The second-order valence-electron chi connectivity index (χ2n) is 7.43. The van der Waals surface area contributed by atoms with Crippen LogP contribution in [0.5, 0.6) is 5.75 Å². The van der Waals surface area contributed by atoms with Crippen molar-refractivity contribution in [3.63, 3.8) is 0 Å². The molecule has 2 amide bonds. The van der Waals surface area contributed by atoms with Crippen LogP contribution in [-0.4, -0.2) is 35.0 Å². The summed E-state index contributed by atoms with van der Waals surface area (Å²) >= 11 is 0. The molecule has 1 aromatic heterocycles. The number of methoxy groups -OCH3 is 1. The van der Waals surface area contributed by atoms with E-state index in [4.69, 9.17) is 4.74 Å².